The third-order valence-electron chi connectivity index (χ3n) is 1.05. The van der Waals surface area contributed by atoms with Crippen molar-refractivity contribution in [3.63, 3.8) is 0 Å². The Morgan fingerprint density at radius 3 is 0.640 bits per heavy atom. The maximum atomic E-state index is 9.25. The van der Waals surface area contributed by atoms with E-state index in [1.807, 2.05) is 6.92 Å². The topological polar surface area (TPSA) is 149 Å². The molecule has 0 atom stereocenters. The lowest BCUT2D eigenvalue weighted by molar-refractivity contribution is -0.132. The van der Waals surface area contributed by atoms with Crippen LogP contribution in [0.15, 0.2) is 75.4 Å². The summed E-state index contributed by atoms with van der Waals surface area (Å²) in [4.78, 5) is 37.0. The first-order valence-corrected chi connectivity index (χ1v) is 6.05. The number of aliphatic carboxylic acids is 4. The highest BCUT2D eigenvalue weighted by molar-refractivity contribution is 5.79. The summed E-state index contributed by atoms with van der Waals surface area (Å²) in [6.45, 7) is 20.8. The first-order valence-electron chi connectivity index (χ1n) is 6.05. The third kappa shape index (κ3) is 171. The van der Waals surface area contributed by atoms with E-state index in [2.05, 4.69) is 39.5 Å². The maximum absolute atomic E-state index is 9.25. The first kappa shape index (κ1) is 33.1. The summed E-state index contributed by atoms with van der Waals surface area (Å²) in [5.41, 5.74) is 1.02. The van der Waals surface area contributed by atoms with Gasteiger partial charge in [0.25, 0.3) is 0 Å². The van der Waals surface area contributed by atoms with Crippen molar-refractivity contribution in [1.82, 2.24) is 0 Å². The highest BCUT2D eigenvalue weighted by atomic mass is 16.4. The molecular formula is C17H24O8. The van der Waals surface area contributed by atoms with Gasteiger partial charge < -0.3 is 20.4 Å². The maximum Gasteiger partial charge on any atom is 0.327 e. The van der Waals surface area contributed by atoms with Gasteiger partial charge in [0.05, 0.1) is 0 Å². The second-order valence-corrected chi connectivity index (χ2v) is 3.22. The number of carboxylic acid groups (broad SMARTS) is 4. The number of carboxylic acids is 4. The van der Waals surface area contributed by atoms with Gasteiger partial charge in [-0.15, -0.1) is 0 Å². The zero-order valence-electron chi connectivity index (χ0n) is 14.1. The molecule has 0 aromatic carbocycles. The number of hydrogen-bond acceptors (Lipinski definition) is 4. The summed E-state index contributed by atoms with van der Waals surface area (Å²) in [5, 5.41) is 30.4. The monoisotopic (exact) mass is 356 g/mol. The average Bonchev–Trinajstić information content (AvgIpc) is 2.56. The molecule has 0 bridgehead atoms. The summed E-state index contributed by atoms with van der Waals surface area (Å²) in [6.07, 6.45) is 5.06. The normalized spacial score (nSPS) is 6.44. The van der Waals surface area contributed by atoms with Crippen molar-refractivity contribution in [3.05, 3.63) is 75.4 Å². The standard InChI is InChI=1S/C5H8.4C3H4O2/c1-4-5(2)3;4*1-2-3(4)5/h4H,1-2H2,3H3;4*2H,1H2,(H,4,5). The van der Waals surface area contributed by atoms with Crippen LogP contribution in [0.3, 0.4) is 0 Å². The van der Waals surface area contributed by atoms with E-state index in [0.717, 1.165) is 29.9 Å². The highest BCUT2D eigenvalue weighted by Gasteiger charge is 1.74. The van der Waals surface area contributed by atoms with E-state index in [4.69, 9.17) is 20.4 Å². The van der Waals surface area contributed by atoms with E-state index >= 15 is 0 Å². The van der Waals surface area contributed by atoms with E-state index in [0.29, 0.717) is 0 Å². The van der Waals surface area contributed by atoms with Gasteiger partial charge in [0.15, 0.2) is 0 Å². The minimum Gasteiger partial charge on any atom is -0.478 e. The summed E-state index contributed by atoms with van der Waals surface area (Å²) in [5.74, 6) is -3.93. The Labute approximate surface area is 146 Å². The summed E-state index contributed by atoms with van der Waals surface area (Å²) in [6, 6.07) is 0. The van der Waals surface area contributed by atoms with Gasteiger partial charge >= 0.3 is 23.9 Å². The van der Waals surface area contributed by atoms with Gasteiger partial charge in [-0.05, 0) is 6.92 Å². The molecule has 25 heavy (non-hydrogen) atoms. The third-order valence-corrected chi connectivity index (χ3v) is 1.05. The van der Waals surface area contributed by atoms with Gasteiger partial charge in [-0.1, -0.05) is 51.1 Å². The number of rotatable bonds is 5. The van der Waals surface area contributed by atoms with Crippen LogP contribution in [0.1, 0.15) is 6.92 Å². The van der Waals surface area contributed by atoms with Crippen molar-refractivity contribution in [2.75, 3.05) is 0 Å². The minimum atomic E-state index is -0.981. The number of carbonyl (C=O) groups is 4. The van der Waals surface area contributed by atoms with Crippen molar-refractivity contribution in [3.8, 4) is 0 Å². The fraction of sp³-hybridized carbons (Fsp3) is 0.0588. The Kier molecular flexibility index (Phi) is 37.6. The second-order valence-electron chi connectivity index (χ2n) is 3.22. The first-order chi connectivity index (χ1) is 11.4. The Morgan fingerprint density at radius 1 is 0.560 bits per heavy atom. The highest BCUT2D eigenvalue weighted by Crippen LogP contribution is 1.81. The Hall–Kier alpha value is -3.68. The molecule has 0 aromatic heterocycles. The fourth-order valence-electron chi connectivity index (χ4n) is 0. The predicted molar refractivity (Wildman–Crippen MR) is 96.3 cm³/mol. The molecule has 0 fully saturated rings. The van der Waals surface area contributed by atoms with Gasteiger partial charge in [-0.3, -0.25) is 0 Å². The van der Waals surface area contributed by atoms with Gasteiger partial charge in [-0.25, -0.2) is 19.2 Å². The lowest BCUT2D eigenvalue weighted by atomic mass is 10.4. The van der Waals surface area contributed by atoms with Crippen LogP contribution >= 0.6 is 0 Å². The van der Waals surface area contributed by atoms with Crippen LogP contribution in [0.2, 0.25) is 0 Å². The smallest absolute Gasteiger partial charge is 0.327 e. The van der Waals surface area contributed by atoms with Crippen LogP contribution < -0.4 is 0 Å². The van der Waals surface area contributed by atoms with Gasteiger partial charge in [0.2, 0.25) is 0 Å². The summed E-state index contributed by atoms with van der Waals surface area (Å²) < 4.78 is 0. The summed E-state index contributed by atoms with van der Waals surface area (Å²) in [7, 11) is 0. The minimum absolute atomic E-state index is 0.833. The Bertz CT molecular complexity index is 382. The zero-order chi connectivity index (χ0) is 21.4. The average molecular weight is 356 g/mol. The van der Waals surface area contributed by atoms with Crippen LogP contribution in [-0.4, -0.2) is 44.3 Å². The predicted octanol–water partition coefficient (Wildman–Crippen LogP) is 2.78. The molecule has 0 radical (unpaired) electrons. The van der Waals surface area contributed by atoms with Crippen LogP contribution in [0, 0.1) is 0 Å². The molecule has 0 aliphatic carbocycles. The molecule has 140 valence electrons. The molecule has 0 heterocycles. The Morgan fingerprint density at radius 2 is 0.640 bits per heavy atom. The lowest BCUT2D eigenvalue weighted by Gasteiger charge is -1.71. The molecule has 0 amide bonds. The molecular weight excluding hydrogens is 332 g/mol. The molecule has 0 spiro atoms. The van der Waals surface area contributed by atoms with Crippen LogP contribution in [0.25, 0.3) is 0 Å². The molecule has 0 aromatic rings. The van der Waals surface area contributed by atoms with Crippen molar-refractivity contribution >= 4 is 23.9 Å². The van der Waals surface area contributed by atoms with Gasteiger partial charge in [0.1, 0.15) is 0 Å². The molecule has 0 unspecified atom stereocenters. The molecule has 4 N–H and O–H groups in total. The Balaban J connectivity index is -0.0000000667. The molecule has 8 nitrogen and oxygen atoms in total. The van der Waals surface area contributed by atoms with Gasteiger partial charge in [0, 0.05) is 24.3 Å². The largest absolute Gasteiger partial charge is 0.478 e. The van der Waals surface area contributed by atoms with Crippen LogP contribution in [0.5, 0.6) is 0 Å². The molecule has 0 aliphatic rings. The lowest BCUT2D eigenvalue weighted by Crippen LogP contribution is -1.82. The second kappa shape index (κ2) is 28.5. The molecule has 0 aliphatic heterocycles. The number of hydrogen-bond donors (Lipinski definition) is 4. The van der Waals surface area contributed by atoms with E-state index in [1.165, 1.54) is 0 Å². The SMILES string of the molecule is C=CC(=C)C.C=CC(=O)O.C=CC(=O)O.C=CC(=O)O.C=CC(=O)O. The number of allylic oxidation sites excluding steroid dienone is 2. The van der Waals surface area contributed by atoms with Crippen molar-refractivity contribution in [1.29, 1.82) is 0 Å². The van der Waals surface area contributed by atoms with E-state index in [-0.39, 0.29) is 0 Å². The molecule has 0 saturated heterocycles. The van der Waals surface area contributed by atoms with E-state index < -0.39 is 23.9 Å². The fourth-order valence-corrected chi connectivity index (χ4v) is 0. The molecule has 0 saturated carbocycles. The molecule has 8 heteroatoms. The van der Waals surface area contributed by atoms with E-state index in [1.54, 1.807) is 6.08 Å². The van der Waals surface area contributed by atoms with E-state index in [9.17, 15) is 19.2 Å². The van der Waals surface area contributed by atoms with Crippen molar-refractivity contribution in [2.24, 2.45) is 0 Å². The quantitative estimate of drug-likeness (QED) is 0.434. The van der Waals surface area contributed by atoms with Crippen LogP contribution in [0.4, 0.5) is 0 Å². The van der Waals surface area contributed by atoms with Crippen molar-refractivity contribution < 1.29 is 39.6 Å². The summed E-state index contributed by atoms with van der Waals surface area (Å²) >= 11 is 0. The van der Waals surface area contributed by atoms with Crippen LogP contribution in [-0.2, 0) is 19.2 Å². The van der Waals surface area contributed by atoms with Crippen molar-refractivity contribution in [2.45, 2.75) is 6.92 Å². The van der Waals surface area contributed by atoms with Gasteiger partial charge in [-0.2, -0.15) is 0 Å². The zero-order valence-corrected chi connectivity index (χ0v) is 14.1. The molecule has 0 rings (SSSR count).